The highest BCUT2D eigenvalue weighted by Crippen LogP contribution is 2.20. The van der Waals surface area contributed by atoms with Gasteiger partial charge in [0.2, 0.25) is 0 Å². The molecular weight excluding hydrogens is 252 g/mol. The van der Waals surface area contributed by atoms with E-state index in [9.17, 15) is 5.11 Å². The Balaban J connectivity index is 1.88. The molecule has 2 heterocycles. The maximum atomic E-state index is 9.26. The highest BCUT2D eigenvalue weighted by molar-refractivity contribution is 7.11. The van der Waals surface area contributed by atoms with Crippen LogP contribution in [0, 0.1) is 0 Å². The van der Waals surface area contributed by atoms with Crippen molar-refractivity contribution in [1.82, 2.24) is 9.88 Å². The van der Waals surface area contributed by atoms with E-state index in [4.69, 9.17) is 9.47 Å². The summed E-state index contributed by atoms with van der Waals surface area (Å²) in [5.41, 5.74) is 0.877. The van der Waals surface area contributed by atoms with Crippen LogP contribution >= 0.6 is 11.3 Å². The summed E-state index contributed by atoms with van der Waals surface area (Å²) < 4.78 is 10.4. The predicted molar refractivity (Wildman–Crippen MR) is 69.7 cm³/mol. The molecule has 1 saturated heterocycles. The summed E-state index contributed by atoms with van der Waals surface area (Å²) in [7, 11) is 1.65. The lowest BCUT2D eigenvalue weighted by molar-refractivity contribution is 0.0384. The fourth-order valence-electron chi connectivity index (χ4n) is 2.00. The summed E-state index contributed by atoms with van der Waals surface area (Å²) in [6.45, 7) is 5.20. The molecule has 18 heavy (non-hydrogen) atoms. The topological polar surface area (TPSA) is 54.8 Å². The molecule has 0 unspecified atom stereocenters. The van der Waals surface area contributed by atoms with Gasteiger partial charge in [0.05, 0.1) is 42.0 Å². The van der Waals surface area contributed by atoms with E-state index >= 15 is 0 Å². The molecule has 1 aromatic rings. The molecule has 0 atom stereocenters. The number of methoxy groups -OCH3 is 1. The zero-order valence-electron chi connectivity index (χ0n) is 10.7. The van der Waals surface area contributed by atoms with Gasteiger partial charge in [-0.3, -0.25) is 4.90 Å². The Kier molecular flexibility index (Phi) is 5.52. The molecule has 1 N–H and O–H groups in total. The smallest absolute Gasteiger partial charge is 0.0945 e. The van der Waals surface area contributed by atoms with Gasteiger partial charge in [0.1, 0.15) is 0 Å². The van der Waals surface area contributed by atoms with E-state index in [1.807, 2.05) is 0 Å². The van der Waals surface area contributed by atoms with Gasteiger partial charge in [-0.15, -0.1) is 11.3 Å². The molecule has 1 fully saturated rings. The molecule has 102 valence electrons. The molecule has 0 bridgehead atoms. The number of hydrogen-bond acceptors (Lipinski definition) is 6. The first-order valence-corrected chi connectivity index (χ1v) is 7.02. The molecule has 0 aromatic carbocycles. The first kappa shape index (κ1) is 13.9. The van der Waals surface area contributed by atoms with E-state index in [0.717, 1.165) is 54.8 Å². The third-order valence-corrected chi connectivity index (χ3v) is 4.13. The fraction of sp³-hybridized carbons (Fsp3) is 0.750. The highest BCUT2D eigenvalue weighted by Gasteiger charge is 2.13. The Hall–Kier alpha value is -0.530. The third-order valence-electron chi connectivity index (χ3n) is 2.99. The molecule has 2 rings (SSSR count). The van der Waals surface area contributed by atoms with E-state index in [2.05, 4.69) is 9.88 Å². The van der Waals surface area contributed by atoms with Gasteiger partial charge in [-0.05, 0) is 0 Å². The van der Waals surface area contributed by atoms with Crippen LogP contribution in [0.3, 0.4) is 0 Å². The summed E-state index contributed by atoms with van der Waals surface area (Å²) in [4.78, 5) is 7.84. The van der Waals surface area contributed by atoms with Crippen LogP contribution in [-0.4, -0.2) is 54.9 Å². The number of aliphatic hydroxyl groups excluding tert-OH is 1. The Morgan fingerprint density at radius 3 is 2.89 bits per heavy atom. The second-order valence-corrected chi connectivity index (χ2v) is 5.44. The Morgan fingerprint density at radius 2 is 2.22 bits per heavy atom. The van der Waals surface area contributed by atoms with Crippen molar-refractivity contribution in [2.24, 2.45) is 0 Å². The fourth-order valence-corrected chi connectivity index (χ4v) is 2.92. The number of aliphatic hydroxyl groups is 1. The zero-order chi connectivity index (χ0) is 12.8. The van der Waals surface area contributed by atoms with Crippen LogP contribution < -0.4 is 0 Å². The minimum Gasteiger partial charge on any atom is -0.391 e. The molecule has 1 aliphatic rings. The third kappa shape index (κ3) is 3.73. The molecule has 0 amide bonds. The van der Waals surface area contributed by atoms with Gasteiger partial charge in [-0.25, -0.2) is 4.98 Å². The lowest BCUT2D eigenvalue weighted by Crippen LogP contribution is -2.37. The van der Waals surface area contributed by atoms with Gasteiger partial charge in [-0.1, -0.05) is 0 Å². The SMILES string of the molecule is COCc1nc(CCN2CCOCC2)sc1CO. The van der Waals surface area contributed by atoms with Crippen LogP contribution in [0.1, 0.15) is 15.6 Å². The highest BCUT2D eigenvalue weighted by atomic mass is 32.1. The standard InChI is InChI=1S/C12H20N2O3S/c1-16-9-10-11(8-15)18-12(13-10)2-3-14-4-6-17-7-5-14/h15H,2-9H2,1H3. The molecule has 0 saturated carbocycles. The van der Waals surface area contributed by atoms with Crippen molar-refractivity contribution in [3.8, 4) is 0 Å². The first-order chi connectivity index (χ1) is 8.83. The molecule has 5 nitrogen and oxygen atoms in total. The lowest BCUT2D eigenvalue weighted by Gasteiger charge is -2.25. The Morgan fingerprint density at radius 1 is 1.44 bits per heavy atom. The lowest BCUT2D eigenvalue weighted by atomic mass is 10.3. The molecule has 1 aromatic heterocycles. The number of rotatable bonds is 6. The normalized spacial score (nSPS) is 17.2. The van der Waals surface area contributed by atoms with Gasteiger partial charge in [-0.2, -0.15) is 0 Å². The van der Waals surface area contributed by atoms with E-state index in [0.29, 0.717) is 6.61 Å². The summed E-state index contributed by atoms with van der Waals surface area (Å²) in [5.74, 6) is 0. The number of nitrogens with zero attached hydrogens (tertiary/aromatic N) is 2. The number of morpholine rings is 1. The van der Waals surface area contributed by atoms with Crippen LogP contribution in [0.5, 0.6) is 0 Å². The van der Waals surface area contributed by atoms with E-state index in [1.54, 1.807) is 18.4 Å². The first-order valence-electron chi connectivity index (χ1n) is 6.21. The van der Waals surface area contributed by atoms with Gasteiger partial charge in [0.25, 0.3) is 0 Å². The number of aromatic nitrogens is 1. The van der Waals surface area contributed by atoms with E-state index in [1.165, 1.54) is 0 Å². The van der Waals surface area contributed by atoms with Crippen LogP contribution in [-0.2, 0) is 29.1 Å². The van der Waals surface area contributed by atoms with Crippen LogP contribution in [0.2, 0.25) is 0 Å². The second-order valence-electron chi connectivity index (χ2n) is 4.27. The van der Waals surface area contributed by atoms with Crippen molar-refractivity contribution >= 4 is 11.3 Å². The molecular formula is C12H20N2O3S. The molecule has 0 radical (unpaired) electrons. The summed E-state index contributed by atoms with van der Waals surface area (Å²) in [5, 5.41) is 10.3. The summed E-state index contributed by atoms with van der Waals surface area (Å²) in [6, 6.07) is 0. The maximum Gasteiger partial charge on any atom is 0.0945 e. The molecule has 6 heteroatoms. The van der Waals surface area contributed by atoms with Gasteiger partial charge in [0.15, 0.2) is 0 Å². The van der Waals surface area contributed by atoms with Crippen LogP contribution in [0.25, 0.3) is 0 Å². The minimum atomic E-state index is 0.0495. The Bertz CT molecular complexity index is 364. The monoisotopic (exact) mass is 272 g/mol. The summed E-state index contributed by atoms with van der Waals surface area (Å²) in [6.07, 6.45) is 0.932. The van der Waals surface area contributed by atoms with Crippen molar-refractivity contribution in [2.45, 2.75) is 19.6 Å². The molecule has 0 spiro atoms. The zero-order valence-corrected chi connectivity index (χ0v) is 11.5. The van der Waals surface area contributed by atoms with E-state index < -0.39 is 0 Å². The van der Waals surface area contributed by atoms with Crippen LogP contribution in [0.15, 0.2) is 0 Å². The van der Waals surface area contributed by atoms with Crippen molar-refractivity contribution < 1.29 is 14.6 Å². The average Bonchev–Trinajstić information content (AvgIpc) is 2.80. The van der Waals surface area contributed by atoms with Gasteiger partial charge >= 0.3 is 0 Å². The van der Waals surface area contributed by atoms with Crippen LogP contribution in [0.4, 0.5) is 0 Å². The van der Waals surface area contributed by atoms with Crippen molar-refractivity contribution in [2.75, 3.05) is 40.0 Å². The predicted octanol–water partition coefficient (Wildman–Crippen LogP) is 0.657. The minimum absolute atomic E-state index is 0.0495. The largest absolute Gasteiger partial charge is 0.391 e. The summed E-state index contributed by atoms with van der Waals surface area (Å²) >= 11 is 1.59. The second kappa shape index (κ2) is 7.16. The molecule has 1 aliphatic heterocycles. The molecule has 0 aliphatic carbocycles. The number of thiazole rings is 1. The maximum absolute atomic E-state index is 9.26. The Labute approximate surface area is 111 Å². The quantitative estimate of drug-likeness (QED) is 0.824. The van der Waals surface area contributed by atoms with Gasteiger partial charge < -0.3 is 14.6 Å². The van der Waals surface area contributed by atoms with Crippen molar-refractivity contribution in [3.05, 3.63) is 15.6 Å². The van der Waals surface area contributed by atoms with E-state index in [-0.39, 0.29) is 6.61 Å². The van der Waals surface area contributed by atoms with Gasteiger partial charge in [0, 0.05) is 33.2 Å². The number of hydrogen-bond donors (Lipinski definition) is 1. The average molecular weight is 272 g/mol. The van der Waals surface area contributed by atoms with Crippen molar-refractivity contribution in [3.63, 3.8) is 0 Å². The van der Waals surface area contributed by atoms with Crippen molar-refractivity contribution in [1.29, 1.82) is 0 Å². The number of ether oxygens (including phenoxy) is 2.